The van der Waals surface area contributed by atoms with Gasteiger partial charge in [0.15, 0.2) is 4.60 Å². The van der Waals surface area contributed by atoms with Crippen molar-refractivity contribution in [3.8, 4) is 0 Å². The Hall–Kier alpha value is -1.04. The molecule has 0 amide bonds. The van der Waals surface area contributed by atoms with E-state index in [-0.39, 0.29) is 14.6 Å². The lowest BCUT2D eigenvalue weighted by Gasteiger charge is -2.10. The van der Waals surface area contributed by atoms with Gasteiger partial charge < -0.3 is 5.73 Å². The van der Waals surface area contributed by atoms with Crippen LogP contribution in [-0.4, -0.2) is 28.4 Å². The number of halogens is 2. The molecule has 2 rings (SSSR count). The van der Waals surface area contributed by atoms with Crippen LogP contribution in [-0.2, 0) is 17.1 Å². The predicted octanol–water partition coefficient (Wildman–Crippen LogP) is 1.78. The Bertz CT molecular complexity index is 799. The molecule has 0 bridgehead atoms. The molecule has 2 aromatic rings. The molecule has 0 aliphatic heterocycles. The first kappa shape index (κ1) is 16.3. The average Bonchev–Trinajstić information content (AvgIpc) is 2.71. The van der Waals surface area contributed by atoms with Crippen LogP contribution in [0.4, 0.5) is 5.69 Å². The lowest BCUT2D eigenvalue weighted by molar-refractivity contribution is 0.578. The molecule has 0 aliphatic carbocycles. The van der Waals surface area contributed by atoms with Gasteiger partial charge in [0.1, 0.15) is 4.99 Å². The van der Waals surface area contributed by atoms with Crippen molar-refractivity contribution in [2.45, 2.75) is 5.03 Å². The highest BCUT2D eigenvalue weighted by Crippen LogP contribution is 2.27. The minimum atomic E-state index is -3.84. The Morgan fingerprint density at radius 1 is 1.43 bits per heavy atom. The number of hydrogen-bond donors (Lipinski definition) is 2. The molecular weight excluding hydrogens is 446 g/mol. The van der Waals surface area contributed by atoms with E-state index in [0.717, 1.165) is 4.68 Å². The number of sulfonamides is 1. The van der Waals surface area contributed by atoms with Crippen LogP contribution in [0.3, 0.4) is 0 Å². The molecule has 11 heteroatoms. The van der Waals surface area contributed by atoms with E-state index in [0.29, 0.717) is 15.7 Å². The summed E-state index contributed by atoms with van der Waals surface area (Å²) in [6.45, 7) is 0. The second-order valence-electron chi connectivity index (χ2n) is 3.97. The highest BCUT2D eigenvalue weighted by molar-refractivity contribution is 9.10. The lowest BCUT2D eigenvalue weighted by Crippen LogP contribution is -2.18. The first-order chi connectivity index (χ1) is 9.72. The summed E-state index contributed by atoms with van der Waals surface area (Å²) in [5.74, 6) is 0. The summed E-state index contributed by atoms with van der Waals surface area (Å²) < 4.78 is 29.0. The average molecular weight is 455 g/mol. The van der Waals surface area contributed by atoms with Gasteiger partial charge in [-0.05, 0) is 50.1 Å². The van der Waals surface area contributed by atoms with Gasteiger partial charge in [0, 0.05) is 17.1 Å². The van der Waals surface area contributed by atoms with E-state index in [9.17, 15) is 8.42 Å². The SMILES string of the molecule is Cn1nnc(Br)c1S(=O)(=O)Nc1ccc(C(N)=S)cc1Br. The van der Waals surface area contributed by atoms with Crippen molar-refractivity contribution in [1.29, 1.82) is 0 Å². The normalized spacial score (nSPS) is 11.4. The molecule has 0 atom stereocenters. The Kier molecular flexibility index (Phi) is 4.66. The van der Waals surface area contributed by atoms with Crippen LogP contribution in [0.1, 0.15) is 5.56 Å². The third kappa shape index (κ3) is 3.42. The van der Waals surface area contributed by atoms with Crippen molar-refractivity contribution in [2.24, 2.45) is 12.8 Å². The molecule has 0 saturated carbocycles. The third-order valence-corrected chi connectivity index (χ3v) is 5.63. The summed E-state index contributed by atoms with van der Waals surface area (Å²) in [5.41, 5.74) is 6.50. The van der Waals surface area contributed by atoms with E-state index in [1.807, 2.05) is 0 Å². The molecule has 3 N–H and O–H groups in total. The summed E-state index contributed by atoms with van der Waals surface area (Å²) in [4.78, 5) is 0.226. The molecule has 7 nitrogen and oxygen atoms in total. The van der Waals surface area contributed by atoms with Crippen LogP contribution in [0.15, 0.2) is 32.3 Å². The van der Waals surface area contributed by atoms with Gasteiger partial charge in [-0.2, -0.15) is 8.42 Å². The largest absolute Gasteiger partial charge is 0.389 e. The molecule has 112 valence electrons. The number of benzene rings is 1. The summed E-state index contributed by atoms with van der Waals surface area (Å²) in [5, 5.41) is 7.21. The van der Waals surface area contributed by atoms with E-state index >= 15 is 0 Å². The summed E-state index contributed by atoms with van der Waals surface area (Å²) in [6, 6.07) is 4.83. The molecule has 0 aliphatic rings. The standard InChI is InChI=1S/C10H9Br2N5O2S2/c1-17-10(8(12)14-16-17)21(18,19)15-7-3-2-5(9(13)20)4-6(7)11/h2-4,15H,1H3,(H2,13,20). The van der Waals surface area contributed by atoms with E-state index in [1.165, 1.54) is 7.05 Å². The van der Waals surface area contributed by atoms with Gasteiger partial charge in [-0.25, -0.2) is 4.68 Å². The molecule has 1 aromatic carbocycles. The van der Waals surface area contributed by atoms with Crippen molar-refractivity contribution in [2.75, 3.05) is 4.72 Å². The van der Waals surface area contributed by atoms with Gasteiger partial charge in [0.2, 0.25) is 5.03 Å². The fourth-order valence-electron chi connectivity index (χ4n) is 1.55. The minimum Gasteiger partial charge on any atom is -0.389 e. The van der Waals surface area contributed by atoms with Crippen LogP contribution >= 0.6 is 44.1 Å². The molecule has 0 spiro atoms. The Labute approximate surface area is 143 Å². The fraction of sp³-hybridized carbons (Fsp3) is 0.100. The van der Waals surface area contributed by atoms with Gasteiger partial charge in [0.05, 0.1) is 5.69 Å². The number of aromatic nitrogens is 3. The second-order valence-corrected chi connectivity index (χ2v) is 7.62. The van der Waals surface area contributed by atoms with Crippen LogP contribution in [0.25, 0.3) is 0 Å². The molecular formula is C10H9Br2N5O2S2. The maximum atomic E-state index is 12.4. The molecule has 0 saturated heterocycles. The highest BCUT2D eigenvalue weighted by Gasteiger charge is 2.24. The van der Waals surface area contributed by atoms with Gasteiger partial charge >= 0.3 is 0 Å². The quantitative estimate of drug-likeness (QED) is 0.682. The lowest BCUT2D eigenvalue weighted by atomic mass is 10.2. The predicted molar refractivity (Wildman–Crippen MR) is 89.5 cm³/mol. The van der Waals surface area contributed by atoms with E-state index < -0.39 is 10.0 Å². The van der Waals surface area contributed by atoms with Crippen LogP contribution in [0, 0.1) is 0 Å². The summed E-state index contributed by atoms with van der Waals surface area (Å²) in [6.07, 6.45) is 0. The van der Waals surface area contributed by atoms with Crippen molar-refractivity contribution in [3.05, 3.63) is 32.8 Å². The Morgan fingerprint density at radius 2 is 2.10 bits per heavy atom. The zero-order valence-corrected chi connectivity index (χ0v) is 15.3. The third-order valence-electron chi connectivity index (χ3n) is 2.49. The van der Waals surface area contributed by atoms with Crippen molar-refractivity contribution < 1.29 is 8.42 Å². The van der Waals surface area contributed by atoms with Crippen molar-refractivity contribution in [1.82, 2.24) is 15.0 Å². The van der Waals surface area contributed by atoms with Crippen molar-refractivity contribution in [3.63, 3.8) is 0 Å². The second kappa shape index (κ2) is 5.99. The molecule has 0 fully saturated rings. The van der Waals surface area contributed by atoms with Crippen LogP contribution < -0.4 is 10.5 Å². The number of aryl methyl sites for hydroxylation is 1. The van der Waals surface area contributed by atoms with E-state index in [1.54, 1.807) is 18.2 Å². The number of nitrogens with one attached hydrogen (secondary N) is 1. The van der Waals surface area contributed by atoms with Gasteiger partial charge in [-0.15, -0.1) is 5.10 Å². The first-order valence-corrected chi connectivity index (χ1v) is 8.87. The van der Waals surface area contributed by atoms with Gasteiger partial charge in [0.25, 0.3) is 10.0 Å². The van der Waals surface area contributed by atoms with Gasteiger partial charge in [-0.3, -0.25) is 4.72 Å². The highest BCUT2D eigenvalue weighted by atomic mass is 79.9. The summed E-state index contributed by atoms with van der Waals surface area (Å²) in [7, 11) is -2.36. The Balaban J connectivity index is 2.40. The smallest absolute Gasteiger partial charge is 0.281 e. The number of rotatable bonds is 4. The monoisotopic (exact) mass is 453 g/mol. The molecule has 0 radical (unpaired) electrons. The Morgan fingerprint density at radius 3 is 2.57 bits per heavy atom. The number of nitrogens with zero attached hydrogens (tertiary/aromatic N) is 3. The summed E-state index contributed by atoms with van der Waals surface area (Å²) >= 11 is 11.2. The number of anilines is 1. The number of hydrogen-bond acceptors (Lipinski definition) is 5. The zero-order chi connectivity index (χ0) is 15.8. The maximum Gasteiger partial charge on any atom is 0.281 e. The van der Waals surface area contributed by atoms with E-state index in [4.69, 9.17) is 18.0 Å². The van der Waals surface area contributed by atoms with Crippen LogP contribution in [0.5, 0.6) is 0 Å². The van der Waals surface area contributed by atoms with Crippen molar-refractivity contribution >= 4 is 64.8 Å². The zero-order valence-electron chi connectivity index (χ0n) is 10.5. The minimum absolute atomic E-state index is 0.0761. The number of thiocarbonyl (C=S) groups is 1. The molecule has 21 heavy (non-hydrogen) atoms. The van der Waals surface area contributed by atoms with Gasteiger partial charge in [-0.1, -0.05) is 17.4 Å². The van der Waals surface area contributed by atoms with Crippen LogP contribution in [0.2, 0.25) is 0 Å². The topological polar surface area (TPSA) is 103 Å². The fourth-order valence-corrected chi connectivity index (χ4v) is 4.47. The van der Waals surface area contributed by atoms with E-state index in [2.05, 4.69) is 46.9 Å². The maximum absolute atomic E-state index is 12.4. The molecule has 1 heterocycles. The molecule has 0 unspecified atom stereocenters. The first-order valence-electron chi connectivity index (χ1n) is 5.39. The molecule has 1 aromatic heterocycles. The number of nitrogens with two attached hydrogens (primary N) is 1.